The number of rotatable bonds is 13. The quantitative estimate of drug-likeness (QED) is 0.102. The molecule has 0 spiro atoms. The number of hydrogen-bond acceptors (Lipinski definition) is 9. The van der Waals surface area contributed by atoms with Crippen LogP contribution in [-0.4, -0.2) is 53.7 Å². The van der Waals surface area contributed by atoms with E-state index >= 15 is 0 Å². The lowest BCUT2D eigenvalue weighted by molar-refractivity contribution is -0.122. The Labute approximate surface area is 270 Å². The molecule has 1 atom stereocenters. The van der Waals surface area contributed by atoms with E-state index < -0.39 is 34.3 Å². The van der Waals surface area contributed by atoms with Crippen LogP contribution in [0, 0.1) is 5.92 Å². The van der Waals surface area contributed by atoms with Crippen molar-refractivity contribution in [2.45, 2.75) is 106 Å². The monoisotopic (exact) mass is 646 g/mol. The van der Waals surface area contributed by atoms with Crippen molar-refractivity contribution in [2.75, 3.05) is 6.54 Å². The van der Waals surface area contributed by atoms with E-state index in [1.165, 1.54) is 50.7 Å². The summed E-state index contributed by atoms with van der Waals surface area (Å²) in [6.07, 6.45) is 13.6. The largest absolute Gasteiger partial charge is 0.347 e. The first-order valence-electron chi connectivity index (χ1n) is 15.5. The number of Topliss-reactive ketones (excluding diaryl/α,β-unsaturated/α-hetero) is 1. The van der Waals surface area contributed by atoms with E-state index in [1.807, 2.05) is 20.8 Å². The van der Waals surface area contributed by atoms with Gasteiger partial charge >= 0.3 is 0 Å². The van der Waals surface area contributed by atoms with Crippen LogP contribution in [-0.2, 0) is 14.8 Å². The number of carbonyl (C=O) groups is 2. The number of unbranched alkanes of at least 4 members (excludes halogenated alkanes) is 1. The molecule has 0 aliphatic rings. The van der Waals surface area contributed by atoms with E-state index in [2.05, 4.69) is 71.4 Å². The Kier molecular flexibility index (Phi) is 24.4. The van der Waals surface area contributed by atoms with Crippen LogP contribution in [0.4, 0.5) is 0 Å². The third kappa shape index (κ3) is 18.5. The lowest BCUT2D eigenvalue weighted by atomic mass is 10.2. The van der Waals surface area contributed by atoms with Gasteiger partial charge in [0.1, 0.15) is 16.8 Å². The van der Waals surface area contributed by atoms with Gasteiger partial charge in [-0.25, -0.2) is 8.42 Å². The highest BCUT2D eigenvalue weighted by Gasteiger charge is 2.21. The Balaban J connectivity index is 0. The van der Waals surface area contributed by atoms with Crippen LogP contribution >= 0.6 is 0 Å². The van der Waals surface area contributed by atoms with E-state index in [-0.39, 0.29) is 28.9 Å². The predicted molar refractivity (Wildman–Crippen MR) is 183 cm³/mol. The number of carbonyl (C=O) groups excluding carboxylic acids is 2. The Morgan fingerprint density at radius 3 is 2.20 bits per heavy atom. The Bertz CT molecular complexity index is 1310. The molecule has 2 aromatic rings. The fraction of sp³-hybridized carbons (Fsp3) is 0.515. The van der Waals surface area contributed by atoms with Gasteiger partial charge in [-0.3, -0.25) is 24.3 Å². The van der Waals surface area contributed by atoms with Gasteiger partial charge in [-0.15, -0.1) is 0 Å². The number of nitrogens with zero attached hydrogens (tertiary/aromatic N) is 4. The summed E-state index contributed by atoms with van der Waals surface area (Å²) >= 11 is 0. The topological polar surface area (TPSA) is 157 Å². The first-order valence-corrected chi connectivity index (χ1v) is 17.0. The molecule has 2 heterocycles. The summed E-state index contributed by atoms with van der Waals surface area (Å²) in [5.41, 5.74) is 0.605. The van der Waals surface area contributed by atoms with E-state index in [0.29, 0.717) is 5.57 Å². The van der Waals surface area contributed by atoms with Crippen molar-refractivity contribution in [3.05, 3.63) is 67.1 Å². The standard InChI is InChI=1S/C22H26N6O5S.C5H12.C4H10.C2H6/c1-5-9-16(10-6-2)20-26-22(33-27-20)19(29)14-24-21(30)18(7-3)25-15(4)28-34(31,32)17-11-8-12-23-13-17;1-4-5(2)3;1-3-4-2;1-2/h5-6,8-13,18H,1,7,14H2,2-4H3,(H,24,30)(H,25,28);5H,4H2,1-3H3;3-4H2,1-2H3;1-2H3/b10-6-,16-9+;;;/t18-;;;/m0.../s1. The molecule has 0 aromatic carbocycles. The minimum atomic E-state index is -3.89. The van der Waals surface area contributed by atoms with Gasteiger partial charge in [-0.2, -0.15) is 4.98 Å². The van der Waals surface area contributed by atoms with Gasteiger partial charge in [-0.1, -0.05) is 111 Å². The molecule has 45 heavy (non-hydrogen) atoms. The van der Waals surface area contributed by atoms with Crippen LogP contribution in [0.1, 0.15) is 111 Å². The molecule has 0 saturated heterocycles. The highest BCUT2D eigenvalue weighted by molar-refractivity contribution is 7.90. The molecule has 1 amide bonds. The number of hydrogen-bond donors (Lipinski definition) is 2. The molecule has 2 N–H and O–H groups in total. The zero-order valence-electron chi connectivity index (χ0n) is 28.8. The third-order valence-electron chi connectivity index (χ3n) is 5.57. The van der Waals surface area contributed by atoms with Gasteiger partial charge < -0.3 is 9.84 Å². The number of aliphatic imine (C=N–C) groups is 1. The van der Waals surface area contributed by atoms with E-state index in [1.54, 1.807) is 31.2 Å². The Morgan fingerprint density at radius 2 is 1.73 bits per heavy atom. The number of amides is 1. The molecule has 0 aliphatic heterocycles. The van der Waals surface area contributed by atoms with E-state index in [4.69, 9.17) is 4.52 Å². The van der Waals surface area contributed by atoms with Gasteiger partial charge in [0, 0.05) is 18.0 Å². The fourth-order valence-corrected chi connectivity index (χ4v) is 3.70. The van der Waals surface area contributed by atoms with Gasteiger partial charge in [0.15, 0.2) is 0 Å². The average Bonchev–Trinajstić information content (AvgIpc) is 3.54. The molecule has 2 rings (SSSR count). The number of amidine groups is 1. The molecule has 0 bridgehead atoms. The first-order chi connectivity index (χ1) is 21.4. The predicted octanol–water partition coefficient (Wildman–Crippen LogP) is 6.97. The van der Waals surface area contributed by atoms with Gasteiger partial charge in [-0.05, 0) is 38.3 Å². The van der Waals surface area contributed by atoms with Crippen LogP contribution in [0.15, 0.2) is 69.8 Å². The number of allylic oxidation sites excluding steroid dienone is 5. The number of sulfonamides is 1. The third-order valence-corrected chi connectivity index (χ3v) is 7.00. The zero-order chi connectivity index (χ0) is 34.8. The molecule has 0 unspecified atom stereocenters. The number of aromatic nitrogens is 3. The summed E-state index contributed by atoms with van der Waals surface area (Å²) in [5.74, 6) is -0.291. The normalized spacial score (nSPS) is 12.1. The van der Waals surface area contributed by atoms with Gasteiger partial charge in [0.2, 0.25) is 17.5 Å². The molecule has 11 nitrogen and oxygen atoms in total. The van der Waals surface area contributed by atoms with Crippen molar-refractivity contribution in [3.63, 3.8) is 0 Å². The summed E-state index contributed by atoms with van der Waals surface area (Å²) in [6, 6.07) is 1.96. The minimum absolute atomic E-state index is 0.0178. The molecular weight excluding hydrogens is 592 g/mol. The lowest BCUT2D eigenvalue weighted by Gasteiger charge is -2.13. The van der Waals surface area contributed by atoms with E-state index in [0.717, 1.165) is 5.92 Å². The van der Waals surface area contributed by atoms with Crippen LogP contribution in [0.25, 0.3) is 5.57 Å². The number of ketones is 1. The Hall–Kier alpha value is -3.93. The zero-order valence-corrected chi connectivity index (χ0v) is 29.6. The van der Waals surface area contributed by atoms with Crippen molar-refractivity contribution in [3.8, 4) is 0 Å². The van der Waals surface area contributed by atoms with E-state index in [9.17, 15) is 18.0 Å². The van der Waals surface area contributed by atoms with Gasteiger partial charge in [0.25, 0.3) is 15.9 Å². The van der Waals surface area contributed by atoms with Crippen LogP contribution in [0.3, 0.4) is 0 Å². The van der Waals surface area contributed by atoms with Crippen LogP contribution in [0.5, 0.6) is 0 Å². The van der Waals surface area contributed by atoms with Crippen molar-refractivity contribution in [1.29, 1.82) is 0 Å². The second-order valence-electron chi connectivity index (χ2n) is 9.66. The summed E-state index contributed by atoms with van der Waals surface area (Å²) in [6.45, 7) is 23.2. The van der Waals surface area contributed by atoms with Gasteiger partial charge in [0.05, 0.1) is 6.54 Å². The smallest absolute Gasteiger partial charge is 0.296 e. The van der Waals surface area contributed by atoms with Crippen molar-refractivity contribution in [1.82, 2.24) is 25.2 Å². The summed E-state index contributed by atoms with van der Waals surface area (Å²) < 4.78 is 32.0. The SMILES string of the molecule is C=C/C=C(\C=C/C)c1noc(C(=O)CNC(=O)[C@H](CC)N=C(C)NS(=O)(=O)c2cccnc2)n1.CC.CCC(C)C.CCCC. The van der Waals surface area contributed by atoms with Crippen LogP contribution < -0.4 is 10.0 Å². The Morgan fingerprint density at radius 1 is 1.11 bits per heavy atom. The highest BCUT2D eigenvalue weighted by Crippen LogP contribution is 2.13. The summed E-state index contributed by atoms with van der Waals surface area (Å²) in [4.78, 5) is 36.8. The molecule has 0 saturated carbocycles. The van der Waals surface area contributed by atoms with Crippen molar-refractivity contribution >= 4 is 33.1 Å². The van der Waals surface area contributed by atoms with Crippen molar-refractivity contribution in [2.24, 2.45) is 10.9 Å². The second-order valence-corrected chi connectivity index (χ2v) is 11.3. The maximum atomic E-state index is 12.5. The number of pyridine rings is 1. The second kappa shape index (κ2) is 25.4. The van der Waals surface area contributed by atoms with Crippen molar-refractivity contribution < 1.29 is 22.5 Å². The molecule has 0 fully saturated rings. The van der Waals surface area contributed by atoms with Crippen LogP contribution in [0.2, 0.25) is 0 Å². The average molecular weight is 647 g/mol. The molecule has 12 heteroatoms. The molecular formula is C33H54N6O5S. The summed E-state index contributed by atoms with van der Waals surface area (Å²) in [7, 11) is -3.89. The fourth-order valence-electron chi connectivity index (χ4n) is 2.68. The highest BCUT2D eigenvalue weighted by atomic mass is 32.2. The first kappa shape index (κ1) is 43.2. The maximum absolute atomic E-state index is 12.5. The summed E-state index contributed by atoms with van der Waals surface area (Å²) in [5, 5.41) is 6.24. The number of nitrogens with one attached hydrogen (secondary N) is 2. The molecule has 252 valence electrons. The molecule has 0 radical (unpaired) electrons. The molecule has 0 aliphatic carbocycles. The lowest BCUT2D eigenvalue weighted by Crippen LogP contribution is -2.38. The maximum Gasteiger partial charge on any atom is 0.296 e. The minimum Gasteiger partial charge on any atom is -0.347 e. The molecule has 2 aromatic heterocycles.